The van der Waals surface area contributed by atoms with Gasteiger partial charge in [0.2, 0.25) is 5.91 Å². The van der Waals surface area contributed by atoms with Gasteiger partial charge in [-0.1, -0.05) is 24.3 Å². The summed E-state index contributed by atoms with van der Waals surface area (Å²) in [5.74, 6) is 0.285. The molecule has 0 saturated carbocycles. The van der Waals surface area contributed by atoms with Crippen molar-refractivity contribution >= 4 is 17.4 Å². The summed E-state index contributed by atoms with van der Waals surface area (Å²) in [6, 6.07) is 7.77. The van der Waals surface area contributed by atoms with Crippen LogP contribution in [0, 0.1) is 0 Å². The largest absolute Gasteiger partial charge is 0.303 e. The maximum atomic E-state index is 12.2. The van der Waals surface area contributed by atoms with Gasteiger partial charge >= 0.3 is 0 Å². The van der Waals surface area contributed by atoms with Crippen molar-refractivity contribution in [1.29, 1.82) is 0 Å². The molecule has 0 unspecified atom stereocenters. The average Bonchev–Trinajstić information content (AvgIpc) is 2.59. The minimum Gasteiger partial charge on any atom is -0.303 e. The van der Waals surface area contributed by atoms with Gasteiger partial charge in [-0.3, -0.25) is 9.59 Å². The molecular formula is C15H13NO2. The summed E-state index contributed by atoms with van der Waals surface area (Å²) < 4.78 is 0. The Balaban J connectivity index is 2.04. The highest BCUT2D eigenvalue weighted by molar-refractivity contribution is 6.08. The summed E-state index contributed by atoms with van der Waals surface area (Å²) in [4.78, 5) is 26.1. The Bertz CT molecular complexity index is 631. The molecule has 0 N–H and O–H groups in total. The van der Waals surface area contributed by atoms with E-state index in [0.29, 0.717) is 6.42 Å². The first-order chi connectivity index (χ1) is 8.66. The van der Waals surface area contributed by atoms with Crippen LogP contribution in [0.15, 0.2) is 35.9 Å². The molecular weight excluding hydrogens is 226 g/mol. The van der Waals surface area contributed by atoms with E-state index >= 15 is 0 Å². The molecule has 0 radical (unpaired) electrons. The number of piperidine rings is 1. The van der Waals surface area contributed by atoms with Gasteiger partial charge in [0, 0.05) is 12.1 Å². The predicted molar refractivity (Wildman–Crippen MR) is 67.4 cm³/mol. The third-order valence-corrected chi connectivity index (χ3v) is 4.54. The van der Waals surface area contributed by atoms with Crippen molar-refractivity contribution in [3.05, 3.63) is 41.5 Å². The van der Waals surface area contributed by atoms with Gasteiger partial charge in [-0.15, -0.1) is 0 Å². The lowest BCUT2D eigenvalue weighted by Crippen LogP contribution is -2.59. The molecule has 0 spiro atoms. The van der Waals surface area contributed by atoms with Crippen LogP contribution < -0.4 is 4.90 Å². The summed E-state index contributed by atoms with van der Waals surface area (Å²) in [5, 5.41) is 0. The van der Waals surface area contributed by atoms with Crippen LogP contribution >= 0.6 is 0 Å². The highest BCUT2D eigenvalue weighted by atomic mass is 16.2. The number of rotatable bonds is 1. The highest BCUT2D eigenvalue weighted by Crippen LogP contribution is 2.58. The molecule has 1 aromatic carbocycles. The van der Waals surface area contributed by atoms with Crippen LogP contribution in [0.5, 0.6) is 0 Å². The van der Waals surface area contributed by atoms with Crippen LogP contribution in [0.3, 0.4) is 0 Å². The Hall–Kier alpha value is -1.90. The topological polar surface area (TPSA) is 37.4 Å². The smallest absolute Gasteiger partial charge is 0.227 e. The number of ketones is 1. The summed E-state index contributed by atoms with van der Waals surface area (Å²) in [5.41, 5.74) is 2.62. The van der Waals surface area contributed by atoms with Crippen molar-refractivity contribution in [1.82, 2.24) is 0 Å². The molecule has 1 fully saturated rings. The predicted octanol–water partition coefficient (Wildman–Crippen LogP) is 1.96. The SMILES string of the molecule is CC(=O)[C@@]12C=C3CCC(=O)N(c4ccccc41)[C@H]32. The monoisotopic (exact) mass is 239 g/mol. The van der Waals surface area contributed by atoms with Gasteiger partial charge in [0.05, 0.1) is 11.5 Å². The normalized spacial score (nSPS) is 31.4. The molecule has 90 valence electrons. The number of nitrogens with zero attached hydrogens (tertiary/aromatic N) is 1. The zero-order valence-electron chi connectivity index (χ0n) is 10.1. The Kier molecular flexibility index (Phi) is 1.63. The van der Waals surface area contributed by atoms with Gasteiger partial charge in [0.15, 0.2) is 0 Å². The van der Waals surface area contributed by atoms with Crippen molar-refractivity contribution in [3.8, 4) is 0 Å². The average molecular weight is 239 g/mol. The van der Waals surface area contributed by atoms with Gasteiger partial charge in [0.1, 0.15) is 5.78 Å². The lowest BCUT2D eigenvalue weighted by molar-refractivity contribution is -0.123. The standard InChI is InChI=1S/C15H13NO2/c1-9(17)15-8-10-6-7-13(18)16(14(10)15)12-5-3-2-4-11(12)15/h2-5,8,14H,6-7H2,1H3/t14-,15+/m1/s1. The van der Waals surface area contributed by atoms with Crippen molar-refractivity contribution in [2.24, 2.45) is 0 Å². The first-order valence-corrected chi connectivity index (χ1v) is 6.30. The van der Waals surface area contributed by atoms with Crippen LogP contribution in [-0.2, 0) is 15.0 Å². The third kappa shape index (κ3) is 0.858. The van der Waals surface area contributed by atoms with E-state index in [-0.39, 0.29) is 17.7 Å². The first kappa shape index (κ1) is 10.1. The number of para-hydroxylation sites is 1. The van der Waals surface area contributed by atoms with Crippen LogP contribution in [0.4, 0.5) is 5.69 Å². The second kappa shape index (κ2) is 2.91. The van der Waals surface area contributed by atoms with Gasteiger partial charge in [-0.2, -0.15) is 0 Å². The van der Waals surface area contributed by atoms with E-state index in [1.165, 1.54) is 5.57 Å². The second-order valence-corrected chi connectivity index (χ2v) is 5.33. The molecule has 2 heterocycles. The minimum absolute atomic E-state index is 0.0337. The van der Waals surface area contributed by atoms with Gasteiger partial charge in [-0.25, -0.2) is 0 Å². The van der Waals surface area contributed by atoms with Crippen molar-refractivity contribution in [2.45, 2.75) is 31.2 Å². The van der Waals surface area contributed by atoms with E-state index in [2.05, 4.69) is 6.08 Å². The molecule has 2 atom stereocenters. The van der Waals surface area contributed by atoms with E-state index in [1.807, 2.05) is 29.2 Å². The van der Waals surface area contributed by atoms with E-state index in [4.69, 9.17) is 0 Å². The summed E-state index contributed by atoms with van der Waals surface area (Å²) in [6.45, 7) is 1.63. The zero-order chi connectivity index (χ0) is 12.5. The molecule has 3 nitrogen and oxygen atoms in total. The fourth-order valence-corrected chi connectivity index (χ4v) is 3.76. The fourth-order valence-electron chi connectivity index (χ4n) is 3.76. The number of amides is 1. The number of hydrogen-bond donors (Lipinski definition) is 0. The van der Waals surface area contributed by atoms with Crippen LogP contribution in [-0.4, -0.2) is 17.7 Å². The van der Waals surface area contributed by atoms with Crippen LogP contribution in [0.25, 0.3) is 0 Å². The molecule has 1 saturated heterocycles. The maximum absolute atomic E-state index is 12.2. The van der Waals surface area contributed by atoms with Crippen LogP contribution in [0.1, 0.15) is 25.3 Å². The maximum Gasteiger partial charge on any atom is 0.227 e. The van der Waals surface area contributed by atoms with Crippen molar-refractivity contribution in [3.63, 3.8) is 0 Å². The van der Waals surface area contributed by atoms with Gasteiger partial charge < -0.3 is 4.90 Å². The van der Waals surface area contributed by atoms with E-state index in [1.54, 1.807) is 6.92 Å². The minimum atomic E-state index is -0.554. The number of benzene rings is 1. The number of hydrogen-bond acceptors (Lipinski definition) is 2. The van der Waals surface area contributed by atoms with Crippen LogP contribution in [0.2, 0.25) is 0 Å². The molecule has 3 heteroatoms. The summed E-state index contributed by atoms with van der Waals surface area (Å²) in [7, 11) is 0. The highest BCUT2D eigenvalue weighted by Gasteiger charge is 2.62. The molecule has 0 aromatic heterocycles. The molecule has 18 heavy (non-hydrogen) atoms. The molecule has 3 aliphatic rings. The quantitative estimate of drug-likeness (QED) is 0.702. The molecule has 0 bridgehead atoms. The Morgan fingerprint density at radius 2 is 2.11 bits per heavy atom. The first-order valence-electron chi connectivity index (χ1n) is 6.30. The second-order valence-electron chi connectivity index (χ2n) is 5.33. The van der Waals surface area contributed by atoms with Gasteiger partial charge in [-0.05, 0) is 30.5 Å². The number of anilines is 1. The molecule has 2 aliphatic heterocycles. The van der Waals surface area contributed by atoms with E-state index < -0.39 is 5.41 Å². The summed E-state index contributed by atoms with van der Waals surface area (Å²) in [6.07, 6.45) is 3.46. The fraction of sp³-hybridized carbons (Fsp3) is 0.333. The molecule has 4 rings (SSSR count). The Morgan fingerprint density at radius 1 is 1.33 bits per heavy atom. The zero-order valence-corrected chi connectivity index (χ0v) is 10.1. The lowest BCUT2D eigenvalue weighted by atomic mass is 9.60. The summed E-state index contributed by atoms with van der Waals surface area (Å²) >= 11 is 0. The van der Waals surface area contributed by atoms with Crippen molar-refractivity contribution < 1.29 is 9.59 Å². The molecule has 1 aliphatic carbocycles. The third-order valence-electron chi connectivity index (χ3n) is 4.54. The van der Waals surface area contributed by atoms with E-state index in [9.17, 15) is 9.59 Å². The molecule has 1 aromatic rings. The van der Waals surface area contributed by atoms with E-state index in [0.717, 1.165) is 17.7 Å². The number of fused-ring (bicyclic) bond motifs is 3. The number of Topliss-reactive ketones (excluding diaryl/α,β-unsaturated/α-hetero) is 1. The van der Waals surface area contributed by atoms with Gasteiger partial charge in [0.25, 0.3) is 0 Å². The number of carbonyl (C=O) groups excluding carboxylic acids is 2. The lowest BCUT2D eigenvalue weighted by Gasteiger charge is -2.47. The molecule has 1 amide bonds. The number of carbonyl (C=O) groups is 2. The van der Waals surface area contributed by atoms with Crippen molar-refractivity contribution in [2.75, 3.05) is 4.90 Å². The Labute approximate surface area is 105 Å². The Morgan fingerprint density at radius 3 is 2.89 bits per heavy atom.